The summed E-state index contributed by atoms with van der Waals surface area (Å²) in [7, 11) is -1.35. The summed E-state index contributed by atoms with van der Waals surface area (Å²) in [5.41, 5.74) is 1.58. The Morgan fingerprint density at radius 2 is 1.45 bits per heavy atom. The zero-order valence-corrected chi connectivity index (χ0v) is 27.7. The number of sulfonamides is 1. The van der Waals surface area contributed by atoms with E-state index in [0.29, 0.717) is 23.6 Å². The highest BCUT2D eigenvalue weighted by atomic mass is 32.2. The Morgan fingerprint density at radius 1 is 0.809 bits per heavy atom. The van der Waals surface area contributed by atoms with Gasteiger partial charge < -0.3 is 19.7 Å². The summed E-state index contributed by atoms with van der Waals surface area (Å²) in [6.45, 7) is 3.65. The maximum absolute atomic E-state index is 14.5. The number of rotatable bonds is 15. The zero-order chi connectivity index (χ0) is 34.0. The molecule has 11 heteroatoms. The minimum atomic E-state index is -4.34. The molecule has 47 heavy (non-hydrogen) atoms. The van der Waals surface area contributed by atoms with Crippen molar-refractivity contribution in [2.75, 3.05) is 31.6 Å². The van der Waals surface area contributed by atoms with Crippen LogP contribution in [0.3, 0.4) is 0 Å². The Labute approximate surface area is 276 Å². The van der Waals surface area contributed by atoms with Crippen molar-refractivity contribution in [3.63, 3.8) is 0 Å². The molecule has 2 amide bonds. The van der Waals surface area contributed by atoms with Crippen LogP contribution in [0.25, 0.3) is 0 Å². The van der Waals surface area contributed by atoms with Crippen LogP contribution in [0.5, 0.6) is 11.5 Å². The fourth-order valence-electron chi connectivity index (χ4n) is 4.96. The average molecular weight is 662 g/mol. The second-order valence-electron chi connectivity index (χ2n) is 11.4. The molecule has 0 aliphatic heterocycles. The van der Waals surface area contributed by atoms with E-state index in [1.54, 1.807) is 24.3 Å². The van der Waals surface area contributed by atoms with E-state index in [9.17, 15) is 22.4 Å². The smallest absolute Gasteiger partial charge is 0.264 e. The van der Waals surface area contributed by atoms with E-state index in [1.165, 1.54) is 55.5 Å². The van der Waals surface area contributed by atoms with Crippen LogP contribution in [0.15, 0.2) is 108 Å². The van der Waals surface area contributed by atoms with Crippen LogP contribution in [-0.4, -0.2) is 58.5 Å². The van der Waals surface area contributed by atoms with Gasteiger partial charge in [0, 0.05) is 19.5 Å². The molecule has 248 valence electrons. The number of hydrogen-bond acceptors (Lipinski definition) is 6. The molecule has 0 unspecified atom stereocenters. The Bertz CT molecular complexity index is 1730. The number of carbonyl (C=O) groups is 2. The van der Waals surface area contributed by atoms with Gasteiger partial charge >= 0.3 is 0 Å². The minimum Gasteiger partial charge on any atom is -0.497 e. The predicted octanol–water partition coefficient (Wildman–Crippen LogP) is 5.45. The second kappa shape index (κ2) is 16.1. The molecule has 0 radical (unpaired) electrons. The van der Waals surface area contributed by atoms with E-state index in [2.05, 4.69) is 5.32 Å². The summed E-state index contributed by atoms with van der Waals surface area (Å²) in [4.78, 5) is 29.7. The number of anilines is 1. The van der Waals surface area contributed by atoms with Gasteiger partial charge in [-0.25, -0.2) is 12.8 Å². The molecule has 1 N–H and O–H groups in total. The van der Waals surface area contributed by atoms with E-state index >= 15 is 0 Å². The molecule has 0 aliphatic rings. The molecular formula is C36H40FN3O6S. The lowest BCUT2D eigenvalue weighted by atomic mass is 10.0. The van der Waals surface area contributed by atoms with Crippen LogP contribution in [-0.2, 0) is 32.6 Å². The third kappa shape index (κ3) is 9.32. The number of nitrogens with zero attached hydrogens (tertiary/aromatic N) is 2. The molecule has 0 aromatic heterocycles. The number of benzene rings is 4. The topological polar surface area (TPSA) is 105 Å². The highest BCUT2D eigenvalue weighted by Crippen LogP contribution is 2.27. The minimum absolute atomic E-state index is 0.0114. The molecule has 1 atom stereocenters. The monoisotopic (exact) mass is 661 g/mol. The maximum Gasteiger partial charge on any atom is 0.264 e. The molecule has 0 aliphatic carbocycles. The Balaban J connectivity index is 1.80. The number of methoxy groups -OCH3 is 2. The number of carbonyl (C=O) groups excluding carboxylic acids is 2. The fourth-order valence-corrected chi connectivity index (χ4v) is 6.37. The number of nitrogens with one attached hydrogen (secondary N) is 1. The summed E-state index contributed by atoms with van der Waals surface area (Å²) in [6, 6.07) is 26.0. The van der Waals surface area contributed by atoms with E-state index < -0.39 is 34.3 Å². The van der Waals surface area contributed by atoms with Crippen molar-refractivity contribution < 1.29 is 31.9 Å². The molecule has 4 aromatic carbocycles. The fraction of sp³-hybridized carbons (Fsp3) is 0.278. The van der Waals surface area contributed by atoms with Crippen LogP contribution in [0.1, 0.15) is 25.0 Å². The van der Waals surface area contributed by atoms with Gasteiger partial charge in [0.1, 0.15) is 29.9 Å². The number of ether oxygens (including phenoxy) is 2. The number of amides is 2. The SMILES string of the molecule is COc1ccc(S(=O)(=O)N(CC(=O)N(Cc2cccc(OC)c2)[C@H](Cc2ccccc2)C(=O)NCC(C)C)c2ccc(F)cc2)cc1. The van der Waals surface area contributed by atoms with Crippen LogP contribution >= 0.6 is 0 Å². The average Bonchev–Trinajstić information content (AvgIpc) is 3.08. The van der Waals surface area contributed by atoms with E-state index in [1.807, 2.05) is 44.2 Å². The first-order valence-electron chi connectivity index (χ1n) is 15.2. The molecule has 9 nitrogen and oxygen atoms in total. The summed E-state index contributed by atoms with van der Waals surface area (Å²) >= 11 is 0. The quantitative estimate of drug-likeness (QED) is 0.182. The van der Waals surface area contributed by atoms with Gasteiger partial charge in [0.2, 0.25) is 11.8 Å². The Hall–Kier alpha value is -4.90. The lowest BCUT2D eigenvalue weighted by molar-refractivity contribution is -0.140. The van der Waals surface area contributed by atoms with Crippen molar-refractivity contribution in [1.29, 1.82) is 0 Å². The van der Waals surface area contributed by atoms with Crippen LogP contribution in [0, 0.1) is 11.7 Å². The van der Waals surface area contributed by atoms with Crippen LogP contribution < -0.4 is 19.1 Å². The highest BCUT2D eigenvalue weighted by molar-refractivity contribution is 7.92. The van der Waals surface area contributed by atoms with Gasteiger partial charge in [0.25, 0.3) is 10.0 Å². The lowest BCUT2D eigenvalue weighted by Gasteiger charge is -2.34. The lowest BCUT2D eigenvalue weighted by Crippen LogP contribution is -2.53. The van der Waals surface area contributed by atoms with E-state index in [-0.39, 0.29) is 35.4 Å². The summed E-state index contributed by atoms with van der Waals surface area (Å²) in [5.74, 6) is -0.392. The van der Waals surface area contributed by atoms with E-state index in [0.717, 1.165) is 22.0 Å². The van der Waals surface area contributed by atoms with Gasteiger partial charge in [-0.3, -0.25) is 13.9 Å². The third-order valence-electron chi connectivity index (χ3n) is 7.48. The third-order valence-corrected chi connectivity index (χ3v) is 9.27. The van der Waals surface area contributed by atoms with Crippen LogP contribution in [0.4, 0.5) is 10.1 Å². The zero-order valence-electron chi connectivity index (χ0n) is 26.9. The molecule has 0 heterocycles. The molecule has 0 spiro atoms. The summed E-state index contributed by atoms with van der Waals surface area (Å²) in [5, 5.41) is 2.96. The first kappa shape index (κ1) is 35.0. The van der Waals surface area contributed by atoms with Gasteiger partial charge in [0.15, 0.2) is 0 Å². The van der Waals surface area contributed by atoms with Crippen molar-refractivity contribution in [2.24, 2.45) is 5.92 Å². The van der Waals surface area contributed by atoms with E-state index in [4.69, 9.17) is 9.47 Å². The molecule has 0 bridgehead atoms. The number of halogens is 1. The van der Waals surface area contributed by atoms with Crippen molar-refractivity contribution >= 4 is 27.5 Å². The van der Waals surface area contributed by atoms with Gasteiger partial charge in [0.05, 0.1) is 24.8 Å². The highest BCUT2D eigenvalue weighted by Gasteiger charge is 2.34. The molecule has 0 saturated heterocycles. The van der Waals surface area contributed by atoms with Gasteiger partial charge in [-0.2, -0.15) is 0 Å². The first-order valence-corrected chi connectivity index (χ1v) is 16.6. The van der Waals surface area contributed by atoms with Crippen LogP contribution in [0.2, 0.25) is 0 Å². The van der Waals surface area contributed by atoms with Crippen molar-refractivity contribution in [3.05, 3.63) is 120 Å². The summed E-state index contributed by atoms with van der Waals surface area (Å²) < 4.78 is 53.7. The molecule has 4 aromatic rings. The predicted molar refractivity (Wildman–Crippen MR) is 179 cm³/mol. The normalized spacial score (nSPS) is 11.9. The van der Waals surface area contributed by atoms with Crippen molar-refractivity contribution in [2.45, 2.75) is 37.8 Å². The molecule has 4 rings (SSSR count). The molecule has 0 saturated carbocycles. The van der Waals surface area contributed by atoms with Gasteiger partial charge in [-0.1, -0.05) is 56.3 Å². The Morgan fingerprint density at radius 3 is 2.06 bits per heavy atom. The number of hydrogen-bond donors (Lipinski definition) is 1. The molecule has 0 fully saturated rings. The largest absolute Gasteiger partial charge is 0.497 e. The molecular weight excluding hydrogens is 621 g/mol. The maximum atomic E-state index is 14.5. The van der Waals surface area contributed by atoms with Gasteiger partial charge in [-0.05, 0) is 77.7 Å². The van der Waals surface area contributed by atoms with Crippen molar-refractivity contribution in [1.82, 2.24) is 10.2 Å². The Kier molecular flexibility index (Phi) is 12.0. The summed E-state index contributed by atoms with van der Waals surface area (Å²) in [6.07, 6.45) is 0.183. The first-order chi connectivity index (χ1) is 22.5. The van der Waals surface area contributed by atoms with Gasteiger partial charge in [-0.15, -0.1) is 0 Å². The van der Waals surface area contributed by atoms with Crippen molar-refractivity contribution in [3.8, 4) is 11.5 Å². The standard InChI is InChI=1S/C36H40FN3O6S/c1-26(2)23-38-36(42)34(22-27-9-6-5-7-10-27)39(24-28-11-8-12-32(21-28)46-4)35(41)25-40(30-15-13-29(37)14-16-30)47(43,44)33-19-17-31(45-3)18-20-33/h5-21,26,34H,22-25H2,1-4H3,(H,38,42)/t34-/m1/s1. The second-order valence-corrected chi connectivity index (χ2v) is 13.2.